The van der Waals surface area contributed by atoms with E-state index in [2.05, 4.69) is 56.6 Å². The minimum absolute atomic E-state index is 0.0318. The molecule has 0 amide bonds. The van der Waals surface area contributed by atoms with Crippen molar-refractivity contribution >= 4 is 57.9 Å². The first kappa shape index (κ1) is 64.9. The van der Waals surface area contributed by atoms with Gasteiger partial charge < -0.3 is 4.42 Å². The zero-order valence-corrected chi connectivity index (χ0v) is 53.9. The first-order chi connectivity index (χ1) is 40.9. The van der Waals surface area contributed by atoms with Gasteiger partial charge in [-0.05, 0) is 98.8 Å². The van der Waals surface area contributed by atoms with E-state index in [1.165, 1.54) is 117 Å². The molecule has 10 aromatic rings. The molecule has 4 aromatic heterocycles. The van der Waals surface area contributed by atoms with Crippen molar-refractivity contribution in [2.75, 3.05) is 12.5 Å². The molecule has 0 bridgehead atoms. The van der Waals surface area contributed by atoms with Crippen molar-refractivity contribution in [1.29, 1.82) is 0 Å². The minimum atomic E-state index is -4.58. The summed E-state index contributed by atoms with van der Waals surface area (Å²) in [5.41, 5.74) is 2.66. The third-order valence-corrected chi connectivity index (χ3v) is 31.5. The number of halogens is 7. The fraction of sp³-hybridized carbons (Fsp3) is 0.250. The van der Waals surface area contributed by atoms with Crippen LogP contribution in [0.4, 0.5) is 26.3 Å². The molecule has 0 unspecified atom stereocenters. The van der Waals surface area contributed by atoms with Crippen LogP contribution in [-0.4, -0.2) is 76.8 Å². The maximum atomic E-state index is 13.8. The van der Waals surface area contributed by atoms with E-state index in [0.717, 1.165) is 35.8 Å². The Morgan fingerprint density at radius 1 is 0.512 bits per heavy atom. The van der Waals surface area contributed by atoms with Gasteiger partial charge in [-0.3, -0.25) is 9.13 Å². The van der Waals surface area contributed by atoms with Gasteiger partial charge in [0.1, 0.15) is 28.2 Å². The van der Waals surface area contributed by atoms with Gasteiger partial charge in [0.05, 0.1) is 27.1 Å². The Labute approximate surface area is 509 Å². The molecule has 10 rings (SSSR count). The summed E-state index contributed by atoms with van der Waals surface area (Å²) in [5, 5.41) is 0. The molecule has 0 fully saturated rings. The van der Waals surface area contributed by atoms with Crippen LogP contribution in [0, 0.1) is 0 Å². The SMILES string of the molecule is CCC[CH2][Sn]([CH2]CCC)([CH2]CCC)[c]1ncco1.CS(=O)(=O)c1cccc(-c2ccc(-n3cc(-c4ncco4)nc3-c3ccccc3C(F)(F)F)cc2)c1.CS(=O)(=O)c1cccc(-c2ccc(-n3cc(Br)nc3-c3ccccc3C(F)(F)F)cc2)c1. The van der Waals surface area contributed by atoms with E-state index in [0.29, 0.717) is 27.1 Å². The van der Waals surface area contributed by atoms with Crippen LogP contribution in [0.15, 0.2) is 206 Å². The molecule has 0 aliphatic rings. The van der Waals surface area contributed by atoms with E-state index in [4.69, 9.17) is 8.83 Å². The molecular formula is C64H63BrF6N6O6S2Sn. The second-order valence-corrected chi connectivity index (χ2v) is 38.3. The third kappa shape index (κ3) is 16.1. The predicted octanol–water partition coefficient (Wildman–Crippen LogP) is 17.4. The molecule has 0 N–H and O–H groups in total. The summed E-state index contributed by atoms with van der Waals surface area (Å²) in [4.78, 5) is 17.7. The van der Waals surface area contributed by atoms with Crippen molar-refractivity contribution in [3.63, 3.8) is 0 Å². The van der Waals surface area contributed by atoms with Gasteiger partial charge in [-0.1, -0.05) is 84.9 Å². The number of aromatic nitrogens is 6. The van der Waals surface area contributed by atoms with Crippen LogP contribution < -0.4 is 3.91 Å². The quantitative estimate of drug-likeness (QED) is 0.0564. The topological polar surface area (TPSA) is 156 Å². The summed E-state index contributed by atoms with van der Waals surface area (Å²) in [6.07, 6.45) is 10.8. The summed E-state index contributed by atoms with van der Waals surface area (Å²) >= 11 is 0.950. The maximum absolute atomic E-state index is 13.8. The van der Waals surface area contributed by atoms with E-state index in [9.17, 15) is 43.2 Å². The molecular weight excluding hydrogens is 1330 g/mol. The molecule has 0 aliphatic heterocycles. The first-order valence-electron chi connectivity index (χ1n) is 27.7. The molecule has 86 heavy (non-hydrogen) atoms. The largest absolute Gasteiger partial charge is 0.443 e. The van der Waals surface area contributed by atoms with Gasteiger partial charge in [-0.2, -0.15) is 26.3 Å². The van der Waals surface area contributed by atoms with Crippen LogP contribution in [0.2, 0.25) is 13.3 Å². The molecule has 6 aromatic carbocycles. The van der Waals surface area contributed by atoms with Crippen LogP contribution in [0.1, 0.15) is 70.4 Å². The second kappa shape index (κ2) is 28.2. The van der Waals surface area contributed by atoms with Crippen molar-refractivity contribution in [3.8, 4) is 68.0 Å². The molecule has 22 heteroatoms. The molecule has 0 saturated heterocycles. The van der Waals surface area contributed by atoms with E-state index in [-0.39, 0.29) is 44.2 Å². The minimum Gasteiger partial charge on any atom is -0.443 e. The van der Waals surface area contributed by atoms with Gasteiger partial charge in [0.15, 0.2) is 19.7 Å². The van der Waals surface area contributed by atoms with Crippen molar-refractivity contribution < 1.29 is 52.0 Å². The predicted molar refractivity (Wildman–Crippen MR) is 329 cm³/mol. The summed E-state index contributed by atoms with van der Waals surface area (Å²) < 4.78 is 150. The molecule has 4 heterocycles. The Kier molecular flexibility index (Phi) is 21.3. The Morgan fingerprint density at radius 2 is 0.942 bits per heavy atom. The molecule has 12 nitrogen and oxygen atoms in total. The van der Waals surface area contributed by atoms with E-state index in [1.807, 2.05) is 6.20 Å². The summed E-state index contributed by atoms with van der Waals surface area (Å²) in [6, 6.07) is 37.7. The van der Waals surface area contributed by atoms with Crippen LogP contribution in [0.5, 0.6) is 0 Å². The van der Waals surface area contributed by atoms with Gasteiger partial charge in [-0.25, -0.2) is 31.8 Å². The smallest absolute Gasteiger partial charge is 0.417 e. The van der Waals surface area contributed by atoms with Crippen LogP contribution in [0.25, 0.3) is 68.0 Å². The van der Waals surface area contributed by atoms with Gasteiger partial charge in [0.2, 0.25) is 5.89 Å². The molecule has 0 radical (unpaired) electrons. The van der Waals surface area contributed by atoms with Crippen LogP contribution >= 0.6 is 15.9 Å². The van der Waals surface area contributed by atoms with E-state index >= 15 is 0 Å². The van der Waals surface area contributed by atoms with Gasteiger partial charge >= 0.3 is 129 Å². The number of sulfone groups is 2. The Morgan fingerprint density at radius 3 is 1.35 bits per heavy atom. The monoisotopic (exact) mass is 1390 g/mol. The maximum Gasteiger partial charge on any atom is 0.417 e. The molecule has 0 saturated carbocycles. The van der Waals surface area contributed by atoms with Crippen molar-refractivity contribution in [2.45, 2.75) is 94.7 Å². The Bertz CT molecular complexity index is 4060. The summed E-state index contributed by atoms with van der Waals surface area (Å²) in [7, 11) is -6.72. The number of unbranched alkanes of at least 4 members (excludes halogenated alkanes) is 3. The first-order valence-corrected chi connectivity index (χ1v) is 39.8. The number of alkyl halides is 6. The van der Waals surface area contributed by atoms with Crippen LogP contribution in [0.3, 0.4) is 0 Å². The Balaban J connectivity index is 0.000000177. The van der Waals surface area contributed by atoms with E-state index in [1.54, 1.807) is 113 Å². The average Bonchev–Trinajstić information content (AvgIpc) is 2.40. The van der Waals surface area contributed by atoms with Crippen molar-refractivity contribution in [3.05, 3.63) is 199 Å². The van der Waals surface area contributed by atoms with Gasteiger partial charge in [-0.15, -0.1) is 0 Å². The van der Waals surface area contributed by atoms with Crippen molar-refractivity contribution in [1.82, 2.24) is 29.1 Å². The molecule has 0 atom stereocenters. The zero-order valence-electron chi connectivity index (χ0n) is 47.8. The summed E-state index contributed by atoms with van der Waals surface area (Å²) in [5.74, 6) is 0.397. The molecule has 0 aliphatic carbocycles. The van der Waals surface area contributed by atoms with Gasteiger partial charge in [0.25, 0.3) is 0 Å². The van der Waals surface area contributed by atoms with Crippen LogP contribution in [-0.2, 0) is 32.0 Å². The number of nitrogens with zero attached hydrogens (tertiary/aromatic N) is 6. The fourth-order valence-electron chi connectivity index (χ4n) is 9.98. The molecule has 450 valence electrons. The van der Waals surface area contributed by atoms with Crippen molar-refractivity contribution in [2.24, 2.45) is 0 Å². The second-order valence-electron chi connectivity index (χ2n) is 20.6. The number of benzene rings is 6. The molecule has 0 spiro atoms. The summed E-state index contributed by atoms with van der Waals surface area (Å²) in [6.45, 7) is 6.89. The Hall–Kier alpha value is -7.08. The number of oxazole rings is 2. The average molecular weight is 1390 g/mol. The normalized spacial score (nSPS) is 12.1. The van der Waals surface area contributed by atoms with E-state index < -0.39 is 61.5 Å². The standard InChI is InChI=1S/C26H18F3N3O3S.C23H16BrF3N2O2S.3C4H9.C3H2NO.Sn/c1-36(33,34)20-6-4-5-18(15-20)17-9-11-19(12-10-17)32-16-23(25-30-13-14-35-25)31-24(32)21-7-2-3-8-22(21)26(27,28)29;1-32(30,31)18-6-4-5-16(13-18)15-9-11-17(12-10-15)29-14-21(24)28-22(29)19-7-2-3-8-20(19)23(25,26)27;3*1-3-4-2;1-2-5-3-4-1;/h2-16H,1H3;2-14H,1H3;3*1,3-4H2,2H3;1-2H;. The fourth-order valence-corrected chi connectivity index (χ4v) is 26.4. The number of hydrogen-bond donors (Lipinski definition) is 0. The number of rotatable bonds is 19. The number of imidazole rings is 2. The number of hydrogen-bond acceptors (Lipinski definition) is 10. The third-order valence-electron chi connectivity index (χ3n) is 14.4. The zero-order chi connectivity index (χ0) is 61.9. The van der Waals surface area contributed by atoms with Gasteiger partial charge in [0, 0.05) is 47.4 Å².